The van der Waals surface area contributed by atoms with Crippen molar-refractivity contribution < 1.29 is 17.8 Å². The fourth-order valence-corrected chi connectivity index (χ4v) is 2.73. The van der Waals surface area contributed by atoms with Crippen molar-refractivity contribution in [2.75, 3.05) is 12.4 Å². The van der Waals surface area contributed by atoms with E-state index in [1.807, 2.05) is 36.4 Å². The average molecular weight is 371 g/mol. The Balaban J connectivity index is 2.12. The Morgan fingerprint density at radius 1 is 1.23 bits per heavy atom. The maximum Gasteiger partial charge on any atom is 0.294 e. The first kappa shape index (κ1) is 19.2. The average Bonchev–Trinajstić information content (AvgIpc) is 2.60. The van der Waals surface area contributed by atoms with Crippen LogP contribution in [0, 0.1) is 11.3 Å². The van der Waals surface area contributed by atoms with Crippen LogP contribution in [0.1, 0.15) is 5.56 Å². The molecule has 2 aromatic carbocycles. The molecule has 2 N–H and O–H groups in total. The smallest absolute Gasteiger partial charge is 0.294 e. The van der Waals surface area contributed by atoms with Crippen molar-refractivity contribution in [1.29, 1.82) is 5.26 Å². The first-order chi connectivity index (χ1) is 12.3. The molecule has 0 atom stereocenters. The molecule has 0 saturated carbocycles. The minimum absolute atomic E-state index is 0.138. The van der Waals surface area contributed by atoms with Crippen LogP contribution >= 0.6 is 0 Å². The van der Waals surface area contributed by atoms with E-state index in [-0.39, 0.29) is 16.2 Å². The summed E-state index contributed by atoms with van der Waals surface area (Å²) in [5, 5.41) is 11.7. The topological polar surface area (TPSA) is 111 Å². The van der Waals surface area contributed by atoms with Crippen LogP contribution in [0.2, 0.25) is 0 Å². The fourth-order valence-electron chi connectivity index (χ4n) is 2.21. The van der Waals surface area contributed by atoms with Crippen molar-refractivity contribution in [3.63, 3.8) is 0 Å². The van der Waals surface area contributed by atoms with Crippen LogP contribution in [0.15, 0.2) is 71.3 Å². The Morgan fingerprint density at radius 3 is 2.54 bits per heavy atom. The third-order valence-corrected chi connectivity index (χ3v) is 4.23. The molecule has 0 fully saturated rings. The van der Waals surface area contributed by atoms with E-state index in [0.29, 0.717) is 6.54 Å². The number of benzene rings is 2. The third kappa shape index (κ3) is 5.44. The number of hydrogen-bond donors (Lipinski definition) is 2. The zero-order valence-corrected chi connectivity index (χ0v) is 14.8. The number of hydrogen-bond acceptors (Lipinski definition) is 5. The molecule has 8 heteroatoms. The van der Waals surface area contributed by atoms with E-state index in [9.17, 15) is 18.5 Å². The Bertz CT molecular complexity index is 963. The molecule has 26 heavy (non-hydrogen) atoms. The van der Waals surface area contributed by atoms with Gasteiger partial charge in [-0.25, -0.2) is 0 Å². The fraction of sp³-hybridized carbons (Fsp3) is 0.111. The SMILES string of the molecule is CN(/C=C(/C#N)C(=O)Nc1cccc(S(=O)(=O)O)c1)Cc1ccccc1. The molecule has 0 aromatic heterocycles. The molecule has 7 nitrogen and oxygen atoms in total. The van der Waals surface area contributed by atoms with Gasteiger partial charge in [0.25, 0.3) is 16.0 Å². The Kier molecular flexibility index (Phi) is 6.11. The molecule has 0 aliphatic carbocycles. The predicted molar refractivity (Wildman–Crippen MR) is 96.5 cm³/mol. The van der Waals surface area contributed by atoms with Crippen LogP contribution in [0.25, 0.3) is 0 Å². The maximum atomic E-state index is 12.3. The highest BCUT2D eigenvalue weighted by Gasteiger charge is 2.13. The van der Waals surface area contributed by atoms with Gasteiger partial charge in [0.2, 0.25) is 0 Å². The van der Waals surface area contributed by atoms with Crippen LogP contribution < -0.4 is 5.32 Å². The highest BCUT2D eigenvalue weighted by molar-refractivity contribution is 7.85. The maximum absolute atomic E-state index is 12.3. The molecular formula is C18H17N3O4S. The summed E-state index contributed by atoms with van der Waals surface area (Å²) < 4.78 is 31.4. The number of nitrogens with one attached hydrogen (secondary N) is 1. The third-order valence-electron chi connectivity index (χ3n) is 3.38. The van der Waals surface area contributed by atoms with Crippen molar-refractivity contribution in [2.24, 2.45) is 0 Å². The predicted octanol–water partition coefficient (Wildman–Crippen LogP) is 2.41. The van der Waals surface area contributed by atoms with E-state index in [0.717, 1.165) is 11.6 Å². The number of nitrogens with zero attached hydrogens (tertiary/aromatic N) is 2. The van der Waals surface area contributed by atoms with Gasteiger partial charge in [-0.1, -0.05) is 36.4 Å². The molecule has 0 radical (unpaired) electrons. The van der Waals surface area contributed by atoms with Gasteiger partial charge in [0.15, 0.2) is 0 Å². The van der Waals surface area contributed by atoms with Gasteiger partial charge in [-0.3, -0.25) is 9.35 Å². The Hall–Kier alpha value is -3.15. The summed E-state index contributed by atoms with van der Waals surface area (Å²) in [6.07, 6.45) is 1.41. The highest BCUT2D eigenvalue weighted by Crippen LogP contribution is 2.16. The zero-order valence-electron chi connectivity index (χ0n) is 14.0. The van der Waals surface area contributed by atoms with E-state index in [1.165, 1.54) is 24.4 Å². The minimum Gasteiger partial charge on any atom is -0.375 e. The summed E-state index contributed by atoms with van der Waals surface area (Å²) in [7, 11) is -2.65. The number of carbonyl (C=O) groups excluding carboxylic acids is 1. The Labute approximate surface area is 151 Å². The molecule has 0 aliphatic heterocycles. The van der Waals surface area contributed by atoms with Crippen LogP contribution in [-0.4, -0.2) is 30.8 Å². The molecule has 0 bridgehead atoms. The van der Waals surface area contributed by atoms with Gasteiger partial charge in [-0.05, 0) is 23.8 Å². The summed E-state index contributed by atoms with van der Waals surface area (Å²) in [5.74, 6) is -0.681. The molecule has 2 aromatic rings. The van der Waals surface area contributed by atoms with E-state index in [4.69, 9.17) is 4.55 Å². The molecule has 0 heterocycles. The second kappa shape index (κ2) is 8.29. The lowest BCUT2D eigenvalue weighted by Crippen LogP contribution is -2.18. The second-order valence-electron chi connectivity index (χ2n) is 5.51. The van der Waals surface area contributed by atoms with Gasteiger partial charge < -0.3 is 10.2 Å². The molecule has 0 saturated heterocycles. The molecule has 0 aliphatic rings. The van der Waals surface area contributed by atoms with Crippen molar-refractivity contribution in [3.05, 3.63) is 71.9 Å². The number of anilines is 1. The lowest BCUT2D eigenvalue weighted by atomic mass is 10.2. The lowest BCUT2D eigenvalue weighted by molar-refractivity contribution is -0.112. The minimum atomic E-state index is -4.38. The van der Waals surface area contributed by atoms with E-state index >= 15 is 0 Å². The van der Waals surface area contributed by atoms with Crippen LogP contribution in [-0.2, 0) is 21.5 Å². The highest BCUT2D eigenvalue weighted by atomic mass is 32.2. The van der Waals surface area contributed by atoms with Gasteiger partial charge in [0, 0.05) is 25.5 Å². The van der Waals surface area contributed by atoms with E-state index < -0.39 is 16.0 Å². The normalized spacial score (nSPS) is 11.5. The quantitative estimate of drug-likeness (QED) is 0.458. The molecular weight excluding hydrogens is 354 g/mol. The van der Waals surface area contributed by atoms with E-state index in [1.54, 1.807) is 11.9 Å². The molecule has 2 rings (SSSR count). The largest absolute Gasteiger partial charge is 0.375 e. The zero-order chi connectivity index (χ0) is 19.2. The van der Waals surface area contributed by atoms with Crippen molar-refractivity contribution in [1.82, 2.24) is 4.90 Å². The van der Waals surface area contributed by atoms with Gasteiger partial charge >= 0.3 is 0 Å². The molecule has 0 spiro atoms. The first-order valence-corrected chi connectivity index (χ1v) is 8.98. The first-order valence-electron chi connectivity index (χ1n) is 7.54. The second-order valence-corrected chi connectivity index (χ2v) is 6.93. The molecule has 0 unspecified atom stereocenters. The summed E-state index contributed by atoms with van der Waals surface area (Å²) in [6.45, 7) is 0.511. The number of amides is 1. The van der Waals surface area contributed by atoms with Gasteiger partial charge in [0.05, 0.1) is 4.90 Å². The van der Waals surface area contributed by atoms with Crippen molar-refractivity contribution >= 4 is 21.7 Å². The van der Waals surface area contributed by atoms with Crippen LogP contribution in [0.3, 0.4) is 0 Å². The van der Waals surface area contributed by atoms with Crippen LogP contribution in [0.5, 0.6) is 0 Å². The monoisotopic (exact) mass is 371 g/mol. The lowest BCUT2D eigenvalue weighted by Gasteiger charge is -2.15. The Morgan fingerprint density at radius 2 is 1.92 bits per heavy atom. The molecule has 1 amide bonds. The van der Waals surface area contributed by atoms with Crippen LogP contribution in [0.4, 0.5) is 5.69 Å². The van der Waals surface area contributed by atoms with Gasteiger partial charge in [-0.2, -0.15) is 13.7 Å². The van der Waals surface area contributed by atoms with Gasteiger partial charge in [-0.15, -0.1) is 0 Å². The van der Waals surface area contributed by atoms with Gasteiger partial charge in [0.1, 0.15) is 11.6 Å². The summed E-state index contributed by atoms with van der Waals surface area (Å²) in [4.78, 5) is 13.6. The van der Waals surface area contributed by atoms with Crippen molar-refractivity contribution in [2.45, 2.75) is 11.4 Å². The summed E-state index contributed by atoms with van der Waals surface area (Å²) in [5.41, 5.74) is 1.03. The standard InChI is InChI=1S/C18H17N3O4S/c1-21(12-14-6-3-2-4-7-14)13-15(11-19)18(22)20-16-8-5-9-17(10-16)26(23,24)25/h2-10,13H,12H2,1H3,(H,20,22)(H,23,24,25)/b15-13-. The summed E-state index contributed by atoms with van der Waals surface area (Å²) >= 11 is 0. The summed E-state index contributed by atoms with van der Waals surface area (Å²) in [6, 6.07) is 16.5. The number of carbonyl (C=O) groups is 1. The molecule has 134 valence electrons. The van der Waals surface area contributed by atoms with Crippen molar-refractivity contribution in [3.8, 4) is 6.07 Å². The van der Waals surface area contributed by atoms with E-state index in [2.05, 4.69) is 5.32 Å². The number of rotatable bonds is 6. The number of nitriles is 1.